The molecule has 1 aromatic heterocycles. The highest BCUT2D eigenvalue weighted by Gasteiger charge is 2.48. The molecule has 2 rings (SSSR count). The minimum atomic E-state index is -4.68. The number of hydrogen-bond donors (Lipinski definition) is 5. The molecule has 10 nitrogen and oxygen atoms in total. The van der Waals surface area contributed by atoms with E-state index in [1.54, 1.807) is 18.3 Å². The summed E-state index contributed by atoms with van der Waals surface area (Å²) in [5, 5.41) is 19.8. The molecule has 0 amide bonds. The molecular formula is C10H16N2O8P+. The van der Waals surface area contributed by atoms with E-state index in [9.17, 15) is 14.8 Å². The summed E-state index contributed by atoms with van der Waals surface area (Å²) in [4.78, 5) is 21.8. The van der Waals surface area contributed by atoms with Crippen molar-refractivity contribution in [3.63, 3.8) is 0 Å². The number of phosphoric acid groups is 1. The van der Waals surface area contributed by atoms with Gasteiger partial charge in [-0.1, -0.05) is 0 Å². The fourth-order valence-corrected chi connectivity index (χ4v) is 2.32. The zero-order valence-corrected chi connectivity index (χ0v) is 11.6. The monoisotopic (exact) mass is 323 g/mol. The number of nitrogens with zero attached hydrogens (tertiary/aromatic N) is 1. The summed E-state index contributed by atoms with van der Waals surface area (Å²) in [6, 6.07) is 3.16. The fraction of sp³-hybridized carbons (Fsp3) is 0.500. The van der Waals surface area contributed by atoms with E-state index in [0.717, 1.165) is 0 Å². The van der Waals surface area contributed by atoms with Crippen molar-refractivity contribution in [2.45, 2.75) is 24.5 Å². The summed E-state index contributed by atoms with van der Waals surface area (Å²) in [6.07, 6.45) is -1.75. The van der Waals surface area contributed by atoms with Gasteiger partial charge in [0.05, 0.1) is 6.61 Å². The van der Waals surface area contributed by atoms with Gasteiger partial charge in [0, 0.05) is 6.07 Å². The first-order valence-corrected chi connectivity index (χ1v) is 7.44. The number of phosphoric ester groups is 1. The zero-order valence-electron chi connectivity index (χ0n) is 10.7. The third-order valence-electron chi connectivity index (χ3n) is 2.97. The summed E-state index contributed by atoms with van der Waals surface area (Å²) in [5.41, 5.74) is 0. The van der Waals surface area contributed by atoms with Gasteiger partial charge in [-0.3, -0.25) is 4.52 Å². The molecule has 21 heavy (non-hydrogen) atoms. The van der Waals surface area contributed by atoms with E-state index in [-0.39, 0.29) is 0 Å². The smallest absolute Gasteiger partial charge is 0.405 e. The van der Waals surface area contributed by atoms with Crippen LogP contribution in [0.5, 0.6) is 5.75 Å². The van der Waals surface area contributed by atoms with Crippen LogP contribution in [0.1, 0.15) is 6.23 Å². The van der Waals surface area contributed by atoms with Crippen LogP contribution in [0.3, 0.4) is 0 Å². The molecule has 1 aromatic rings. The van der Waals surface area contributed by atoms with Crippen LogP contribution in [0.15, 0.2) is 24.5 Å². The Labute approximate surface area is 119 Å². The summed E-state index contributed by atoms with van der Waals surface area (Å²) in [5.74, 6) is 5.33. The van der Waals surface area contributed by atoms with Crippen LogP contribution in [-0.4, -0.2) is 44.9 Å². The zero-order chi connectivity index (χ0) is 15.6. The van der Waals surface area contributed by atoms with E-state index in [1.165, 1.54) is 10.8 Å². The number of pyridine rings is 1. The fourth-order valence-electron chi connectivity index (χ4n) is 1.98. The standard InChI is InChI=1S/C10H15N2O8P/c11-20-6-2-1-3-12(4-6)10-9(14)8(13)7(19-10)5-18-21(15,16)17/h1-4,7-10,13-14H,5,11H2,(H-,15,16,17)/p+1. The molecule has 2 heterocycles. The molecule has 1 saturated heterocycles. The summed E-state index contributed by atoms with van der Waals surface area (Å²) >= 11 is 0. The predicted molar refractivity (Wildman–Crippen MR) is 65.4 cm³/mol. The Bertz CT molecular complexity index is 538. The van der Waals surface area contributed by atoms with Crippen molar-refractivity contribution >= 4 is 7.82 Å². The van der Waals surface area contributed by atoms with Gasteiger partial charge in [0.1, 0.15) is 12.2 Å². The van der Waals surface area contributed by atoms with Gasteiger partial charge in [0.15, 0.2) is 12.3 Å². The quantitative estimate of drug-likeness (QED) is 0.234. The number of hydrogen-bond acceptors (Lipinski definition) is 7. The van der Waals surface area contributed by atoms with Crippen LogP contribution in [0.4, 0.5) is 0 Å². The molecule has 118 valence electrons. The number of aromatic nitrogens is 1. The molecule has 0 spiro atoms. The third-order valence-corrected chi connectivity index (χ3v) is 3.45. The van der Waals surface area contributed by atoms with Gasteiger partial charge >= 0.3 is 7.82 Å². The highest BCUT2D eigenvalue weighted by Crippen LogP contribution is 2.37. The second-order valence-electron chi connectivity index (χ2n) is 4.44. The highest BCUT2D eigenvalue weighted by atomic mass is 31.2. The number of aliphatic hydroxyl groups is 2. The molecule has 0 bridgehead atoms. The van der Waals surface area contributed by atoms with Crippen LogP contribution in [0, 0.1) is 0 Å². The maximum atomic E-state index is 10.6. The Hall–Kier alpha value is -1.10. The van der Waals surface area contributed by atoms with Gasteiger partial charge in [0.2, 0.25) is 11.9 Å². The minimum Gasteiger partial charge on any atom is -0.405 e. The van der Waals surface area contributed by atoms with Gasteiger partial charge in [-0.05, 0) is 6.07 Å². The van der Waals surface area contributed by atoms with Crippen molar-refractivity contribution < 1.29 is 43.2 Å². The summed E-state index contributed by atoms with van der Waals surface area (Å²) < 4.78 is 21.7. The molecule has 6 N–H and O–H groups in total. The van der Waals surface area contributed by atoms with Crippen molar-refractivity contribution in [1.82, 2.24) is 0 Å². The lowest BCUT2D eigenvalue weighted by Gasteiger charge is -2.13. The van der Waals surface area contributed by atoms with Gasteiger partial charge in [0.25, 0.3) is 6.23 Å². The van der Waals surface area contributed by atoms with Gasteiger partial charge in [-0.15, -0.1) is 0 Å². The van der Waals surface area contributed by atoms with E-state index in [2.05, 4.69) is 9.36 Å². The molecule has 0 saturated carbocycles. The van der Waals surface area contributed by atoms with Crippen LogP contribution >= 0.6 is 7.82 Å². The number of rotatable bonds is 5. The predicted octanol–water partition coefficient (Wildman–Crippen LogP) is -2.04. The first-order chi connectivity index (χ1) is 9.81. The van der Waals surface area contributed by atoms with Crippen LogP contribution in [0.25, 0.3) is 0 Å². The first-order valence-electron chi connectivity index (χ1n) is 5.91. The topological polar surface area (TPSA) is 156 Å². The molecule has 0 aromatic carbocycles. The summed E-state index contributed by atoms with van der Waals surface area (Å²) in [7, 11) is -4.68. The third kappa shape index (κ3) is 3.96. The van der Waals surface area contributed by atoms with Gasteiger partial charge in [-0.25, -0.2) is 4.57 Å². The van der Waals surface area contributed by atoms with Crippen LogP contribution in [-0.2, 0) is 13.8 Å². The van der Waals surface area contributed by atoms with Crippen molar-refractivity contribution in [3.8, 4) is 5.75 Å². The number of aliphatic hydroxyl groups excluding tert-OH is 2. The van der Waals surface area contributed by atoms with E-state index < -0.39 is 39.0 Å². The second kappa shape index (κ2) is 6.34. The highest BCUT2D eigenvalue weighted by molar-refractivity contribution is 7.46. The van der Waals surface area contributed by atoms with Crippen molar-refractivity contribution in [1.29, 1.82) is 0 Å². The Morgan fingerprint density at radius 1 is 1.38 bits per heavy atom. The average molecular weight is 323 g/mol. The first kappa shape index (κ1) is 16.3. The number of nitrogens with two attached hydrogens (primary N) is 1. The average Bonchev–Trinajstić information content (AvgIpc) is 2.72. The lowest BCUT2D eigenvalue weighted by atomic mass is 10.1. The maximum Gasteiger partial charge on any atom is 0.469 e. The Balaban J connectivity index is 2.10. The molecule has 1 aliphatic heterocycles. The van der Waals surface area contributed by atoms with Gasteiger partial charge in [-0.2, -0.15) is 10.5 Å². The Morgan fingerprint density at radius 3 is 2.71 bits per heavy atom. The normalized spacial score (nSPS) is 29.6. The molecule has 4 atom stereocenters. The van der Waals surface area contributed by atoms with Crippen LogP contribution in [0.2, 0.25) is 0 Å². The van der Waals surface area contributed by atoms with E-state index in [4.69, 9.17) is 20.4 Å². The van der Waals surface area contributed by atoms with Gasteiger partial charge < -0.3 is 29.6 Å². The SMILES string of the molecule is NOc1ccc[n+](C2OC(COP(=O)(O)O)C(O)C2O)c1. The van der Waals surface area contributed by atoms with E-state index in [1.807, 2.05) is 0 Å². The Kier molecular flexibility index (Phi) is 4.91. The van der Waals surface area contributed by atoms with E-state index >= 15 is 0 Å². The lowest BCUT2D eigenvalue weighted by Crippen LogP contribution is -2.45. The molecule has 1 fully saturated rings. The largest absolute Gasteiger partial charge is 0.469 e. The molecule has 0 aliphatic carbocycles. The Morgan fingerprint density at radius 2 is 2.10 bits per heavy atom. The van der Waals surface area contributed by atoms with E-state index in [0.29, 0.717) is 5.75 Å². The lowest BCUT2D eigenvalue weighted by molar-refractivity contribution is -0.766. The molecule has 0 radical (unpaired) electrons. The van der Waals surface area contributed by atoms with Crippen molar-refractivity contribution in [2.24, 2.45) is 5.90 Å². The van der Waals surface area contributed by atoms with Crippen molar-refractivity contribution in [3.05, 3.63) is 24.5 Å². The minimum absolute atomic E-state index is 0.303. The van der Waals surface area contributed by atoms with Crippen LogP contribution < -0.4 is 15.3 Å². The molecule has 11 heteroatoms. The number of ether oxygens (including phenoxy) is 1. The molecular weight excluding hydrogens is 307 g/mol. The maximum absolute atomic E-state index is 10.6. The second-order valence-corrected chi connectivity index (χ2v) is 5.68. The molecule has 4 unspecified atom stereocenters. The molecule has 1 aliphatic rings. The van der Waals surface area contributed by atoms with Crippen molar-refractivity contribution in [2.75, 3.05) is 6.61 Å². The summed E-state index contributed by atoms with van der Waals surface area (Å²) in [6.45, 7) is -0.563.